The van der Waals surface area contributed by atoms with Crippen molar-refractivity contribution in [3.05, 3.63) is 60.8 Å². The largest absolute Gasteiger partial charge is 0.368 e. The molecular formula is C28H35N7O2. The first-order valence-electron chi connectivity index (χ1n) is 12.6. The van der Waals surface area contributed by atoms with Crippen LogP contribution in [0.1, 0.15) is 13.8 Å². The lowest BCUT2D eigenvalue weighted by molar-refractivity contribution is -0.134. The third-order valence-electron chi connectivity index (χ3n) is 6.49. The summed E-state index contributed by atoms with van der Waals surface area (Å²) in [6.07, 6.45) is 1.74. The molecule has 0 aliphatic carbocycles. The van der Waals surface area contributed by atoms with Gasteiger partial charge in [-0.05, 0) is 42.5 Å². The monoisotopic (exact) mass is 501 g/mol. The second-order valence-electron chi connectivity index (χ2n) is 9.48. The minimum absolute atomic E-state index is 0.0353. The lowest BCUT2D eigenvalue weighted by Gasteiger charge is -2.37. The normalized spacial score (nSPS) is 13.4. The molecule has 2 heterocycles. The summed E-state index contributed by atoms with van der Waals surface area (Å²) in [5.74, 6) is 0.753. The summed E-state index contributed by atoms with van der Waals surface area (Å²) in [6.45, 7) is 7.36. The lowest BCUT2D eigenvalue weighted by atomic mass is 10.1. The van der Waals surface area contributed by atoms with E-state index in [-0.39, 0.29) is 17.7 Å². The van der Waals surface area contributed by atoms with Gasteiger partial charge in [-0.1, -0.05) is 26.0 Å². The molecule has 9 nitrogen and oxygen atoms in total. The van der Waals surface area contributed by atoms with Crippen LogP contribution in [0.4, 0.5) is 23.0 Å². The van der Waals surface area contributed by atoms with Crippen LogP contribution in [-0.4, -0.2) is 73.5 Å². The van der Waals surface area contributed by atoms with Crippen molar-refractivity contribution in [2.45, 2.75) is 13.8 Å². The number of nitrogens with one attached hydrogen (secondary N) is 2. The fraction of sp³-hybridized carbons (Fsp3) is 0.357. The van der Waals surface area contributed by atoms with Gasteiger partial charge in [-0.15, -0.1) is 0 Å². The van der Waals surface area contributed by atoms with Crippen molar-refractivity contribution < 1.29 is 9.59 Å². The summed E-state index contributed by atoms with van der Waals surface area (Å²) in [6, 6.07) is 18.0. The quantitative estimate of drug-likeness (QED) is 0.489. The highest BCUT2D eigenvalue weighted by Crippen LogP contribution is 2.24. The van der Waals surface area contributed by atoms with Gasteiger partial charge in [0.1, 0.15) is 0 Å². The van der Waals surface area contributed by atoms with E-state index in [4.69, 9.17) is 0 Å². The number of amides is 2. The molecule has 4 rings (SSSR count). The Balaban J connectivity index is 1.36. The molecule has 37 heavy (non-hydrogen) atoms. The average molecular weight is 502 g/mol. The second-order valence-corrected chi connectivity index (χ2v) is 9.48. The van der Waals surface area contributed by atoms with Crippen LogP contribution in [0.5, 0.6) is 0 Å². The molecule has 0 radical (unpaired) electrons. The Bertz CT molecular complexity index is 1200. The number of hydrogen-bond donors (Lipinski definition) is 2. The summed E-state index contributed by atoms with van der Waals surface area (Å²) in [7, 11) is 3.52. The first-order chi connectivity index (χ1) is 17.8. The van der Waals surface area contributed by atoms with Gasteiger partial charge in [0.15, 0.2) is 0 Å². The minimum atomic E-state index is -0.0353. The first-order valence-corrected chi connectivity index (χ1v) is 12.6. The van der Waals surface area contributed by atoms with Gasteiger partial charge in [-0.2, -0.15) is 0 Å². The highest BCUT2D eigenvalue weighted by atomic mass is 16.2. The molecule has 194 valence electrons. The SMILES string of the molecule is CNC(=O)CN(C)c1ccc(-c2ccnc(Nc3ccc(N4CCN(C(=O)C(C)C)CC4)cc3)n2)cc1. The van der Waals surface area contributed by atoms with Crippen LogP contribution in [0.15, 0.2) is 60.8 Å². The van der Waals surface area contributed by atoms with Gasteiger partial charge < -0.3 is 25.3 Å². The van der Waals surface area contributed by atoms with Gasteiger partial charge in [0.25, 0.3) is 0 Å². The van der Waals surface area contributed by atoms with Crippen LogP contribution in [0.2, 0.25) is 0 Å². The number of benzene rings is 2. The molecule has 0 atom stereocenters. The molecule has 1 aromatic heterocycles. The van der Waals surface area contributed by atoms with Crippen molar-refractivity contribution in [1.29, 1.82) is 0 Å². The Morgan fingerprint density at radius 1 is 0.973 bits per heavy atom. The predicted octanol–water partition coefficient (Wildman–Crippen LogP) is 3.37. The van der Waals surface area contributed by atoms with Gasteiger partial charge in [0.2, 0.25) is 17.8 Å². The number of anilines is 4. The molecule has 2 N–H and O–H groups in total. The van der Waals surface area contributed by atoms with E-state index in [1.54, 1.807) is 13.2 Å². The molecular weight excluding hydrogens is 466 g/mol. The van der Waals surface area contributed by atoms with Crippen LogP contribution in [0, 0.1) is 5.92 Å². The summed E-state index contributed by atoms with van der Waals surface area (Å²) < 4.78 is 0. The maximum Gasteiger partial charge on any atom is 0.239 e. The fourth-order valence-electron chi connectivity index (χ4n) is 4.29. The van der Waals surface area contributed by atoms with Crippen molar-refractivity contribution in [2.24, 2.45) is 5.92 Å². The molecule has 2 amide bonds. The molecule has 0 spiro atoms. The molecule has 2 aromatic carbocycles. The van der Waals surface area contributed by atoms with E-state index < -0.39 is 0 Å². The first kappa shape index (κ1) is 25.9. The van der Waals surface area contributed by atoms with Crippen molar-refractivity contribution in [3.8, 4) is 11.3 Å². The van der Waals surface area contributed by atoms with Crippen molar-refractivity contribution in [2.75, 3.05) is 61.9 Å². The number of likely N-dealkylation sites (N-methyl/N-ethyl adjacent to an activating group) is 2. The van der Waals surface area contributed by atoms with Crippen molar-refractivity contribution in [1.82, 2.24) is 20.2 Å². The van der Waals surface area contributed by atoms with E-state index >= 15 is 0 Å². The molecule has 0 saturated carbocycles. The van der Waals surface area contributed by atoms with Gasteiger partial charge in [-0.25, -0.2) is 9.97 Å². The smallest absolute Gasteiger partial charge is 0.239 e. The standard InChI is InChI=1S/C28H35N7O2/c1-20(2)27(37)35-17-15-34(16-18-35)24-11-7-22(8-12-24)31-28-30-14-13-25(32-28)21-5-9-23(10-6-21)33(4)19-26(36)29-3/h5-14,20H,15-19H2,1-4H3,(H,29,36)(H,30,31,32). The predicted molar refractivity (Wildman–Crippen MR) is 148 cm³/mol. The molecule has 1 saturated heterocycles. The number of carbonyl (C=O) groups is 2. The maximum atomic E-state index is 12.2. The van der Waals surface area contributed by atoms with Gasteiger partial charge >= 0.3 is 0 Å². The fourth-order valence-corrected chi connectivity index (χ4v) is 4.29. The summed E-state index contributed by atoms with van der Waals surface area (Å²) in [5.41, 5.74) is 4.77. The summed E-state index contributed by atoms with van der Waals surface area (Å²) in [4.78, 5) is 39.1. The van der Waals surface area contributed by atoms with E-state index in [0.29, 0.717) is 12.5 Å². The zero-order valence-corrected chi connectivity index (χ0v) is 21.9. The summed E-state index contributed by atoms with van der Waals surface area (Å²) >= 11 is 0. The highest BCUT2D eigenvalue weighted by Gasteiger charge is 2.22. The summed E-state index contributed by atoms with van der Waals surface area (Å²) in [5, 5.41) is 5.93. The second kappa shape index (κ2) is 11.7. The molecule has 1 aliphatic heterocycles. The van der Waals surface area contributed by atoms with Crippen LogP contribution in [0.25, 0.3) is 11.3 Å². The third kappa shape index (κ3) is 6.55. The Morgan fingerprint density at radius 2 is 1.65 bits per heavy atom. The van der Waals surface area contributed by atoms with Crippen LogP contribution in [-0.2, 0) is 9.59 Å². The molecule has 0 bridgehead atoms. The molecule has 0 unspecified atom stereocenters. The Hall–Kier alpha value is -4.14. The molecule has 3 aromatic rings. The van der Waals surface area contributed by atoms with Gasteiger partial charge in [0.05, 0.1) is 12.2 Å². The van der Waals surface area contributed by atoms with Gasteiger partial charge in [-0.3, -0.25) is 9.59 Å². The Labute approximate surface area is 218 Å². The number of aromatic nitrogens is 2. The number of rotatable bonds is 8. The molecule has 1 fully saturated rings. The molecule has 1 aliphatic rings. The number of piperazine rings is 1. The third-order valence-corrected chi connectivity index (χ3v) is 6.49. The topological polar surface area (TPSA) is 93.7 Å². The zero-order chi connectivity index (χ0) is 26.4. The average Bonchev–Trinajstić information content (AvgIpc) is 2.93. The maximum absolute atomic E-state index is 12.2. The number of nitrogens with zero attached hydrogens (tertiary/aromatic N) is 5. The molecule has 9 heteroatoms. The van der Waals surface area contributed by atoms with Crippen molar-refractivity contribution >= 4 is 34.8 Å². The van der Waals surface area contributed by atoms with E-state index in [9.17, 15) is 9.59 Å². The Morgan fingerprint density at radius 3 is 2.27 bits per heavy atom. The zero-order valence-electron chi connectivity index (χ0n) is 21.9. The number of carbonyl (C=O) groups excluding carboxylic acids is 2. The van der Waals surface area contributed by atoms with E-state index in [0.717, 1.165) is 54.5 Å². The highest BCUT2D eigenvalue weighted by molar-refractivity contribution is 5.81. The number of hydrogen-bond acceptors (Lipinski definition) is 7. The lowest BCUT2D eigenvalue weighted by Crippen LogP contribution is -2.49. The van der Waals surface area contributed by atoms with E-state index in [2.05, 4.69) is 37.6 Å². The van der Waals surface area contributed by atoms with Crippen molar-refractivity contribution in [3.63, 3.8) is 0 Å². The van der Waals surface area contributed by atoms with Gasteiger partial charge in [0, 0.05) is 75.0 Å². The van der Waals surface area contributed by atoms with Crippen LogP contribution in [0.3, 0.4) is 0 Å². The van der Waals surface area contributed by atoms with Crippen LogP contribution >= 0.6 is 0 Å². The van der Waals surface area contributed by atoms with E-state index in [1.165, 1.54) is 0 Å². The van der Waals surface area contributed by atoms with Crippen LogP contribution < -0.4 is 20.4 Å². The minimum Gasteiger partial charge on any atom is -0.368 e. The Kier molecular flexibility index (Phi) is 8.22. The van der Waals surface area contributed by atoms with E-state index in [1.807, 2.05) is 73.2 Å².